The number of aliphatic hydroxyl groups excluding tert-OH is 3. The quantitative estimate of drug-likeness (QED) is 0.0248. The molecule has 2 aliphatic rings. The molecule has 0 aliphatic carbocycles. The van der Waals surface area contributed by atoms with Crippen LogP contribution in [0, 0.1) is 0 Å². The van der Waals surface area contributed by atoms with Crippen LogP contribution in [-0.2, 0) is 46.7 Å². The zero-order valence-corrected chi connectivity index (χ0v) is 31.4. The zero-order valence-electron chi connectivity index (χ0n) is 29.6. The number of phosphoric ester groups is 1. The molecule has 57 heavy (non-hydrogen) atoms. The largest absolute Gasteiger partial charge is 0.469 e. The maximum Gasteiger partial charge on any atom is 0.469 e. The number of hydrogen-bond donors (Lipinski definition) is 9. The Bertz CT molecular complexity index is 2070. The summed E-state index contributed by atoms with van der Waals surface area (Å²) in [5.74, 6) is -1.99. The summed E-state index contributed by atoms with van der Waals surface area (Å²) >= 11 is 0. The van der Waals surface area contributed by atoms with E-state index in [1.807, 2.05) is 0 Å². The number of fused-ring (bicyclic) bond motifs is 1. The summed E-state index contributed by atoms with van der Waals surface area (Å²) < 4.78 is 59.8. The number of nitrogens with zero attached hydrogens (tertiary/aromatic N) is 6. The fourth-order valence-corrected chi connectivity index (χ4v) is 7.98. The topological polar surface area (TPSA) is 388 Å². The highest BCUT2D eigenvalue weighted by Gasteiger charge is 2.56. The number of nitrogen functional groups attached to an aromatic ring is 2. The fraction of sp³-hybridized carbons (Fsp3) is 0.552. The third-order valence-electron chi connectivity index (χ3n) is 8.61. The Kier molecular flexibility index (Phi) is 14.3. The molecule has 2 saturated heterocycles. The second-order valence-electron chi connectivity index (χ2n) is 12.5. The predicted molar refractivity (Wildman–Crippen MR) is 189 cm³/mol. The summed E-state index contributed by atoms with van der Waals surface area (Å²) in [7, 11) is -10.5. The molecule has 2 fully saturated rings. The summed E-state index contributed by atoms with van der Waals surface area (Å²) in [5, 5.41) is 34.4. The number of allylic oxidation sites excluding steroid dienone is 1. The number of nitrogens with one attached hydrogen (secondary N) is 1. The number of phosphoric acid groups is 1. The minimum atomic E-state index is -5.28. The van der Waals surface area contributed by atoms with Crippen molar-refractivity contribution in [1.82, 2.24) is 34.4 Å². The van der Waals surface area contributed by atoms with Gasteiger partial charge in [0.2, 0.25) is 5.91 Å². The van der Waals surface area contributed by atoms with Gasteiger partial charge in [-0.05, 0) is 12.5 Å². The van der Waals surface area contributed by atoms with Crippen molar-refractivity contribution in [3.8, 4) is 0 Å². The summed E-state index contributed by atoms with van der Waals surface area (Å²) in [4.78, 5) is 84.3. The lowest BCUT2D eigenvalue weighted by Crippen LogP contribution is -2.48. The van der Waals surface area contributed by atoms with Crippen molar-refractivity contribution < 1.29 is 76.7 Å². The molecule has 3 aromatic heterocycles. The Hall–Kier alpha value is -4.27. The van der Waals surface area contributed by atoms with Crippen molar-refractivity contribution in [2.75, 3.05) is 44.5 Å². The first kappa shape index (κ1) is 43.8. The molecule has 0 saturated carbocycles. The van der Waals surface area contributed by atoms with Gasteiger partial charge in [0.1, 0.15) is 47.7 Å². The highest BCUT2D eigenvalue weighted by atomic mass is 31.2. The number of carbonyl (C=O) groups is 2. The molecule has 3 aromatic rings. The SMILES string of the molecule is C=CCCC(=O)N[C@@H](COCCO)C(=O)O[C@H]1[C@@H](O)[C@H](n2cnc3c(N)ncnc32)O[C@@H]1COP(=O)(O)[C@H]1[C@@H](O)[C@H](n2ccc(N)nc2=O)O[C@@H]1COP(=O)(O)O. The van der Waals surface area contributed by atoms with Crippen LogP contribution in [0.15, 0.2) is 42.4 Å². The number of imidazole rings is 1. The first-order valence-corrected chi connectivity index (χ1v) is 20.0. The normalized spacial score (nSPS) is 26.6. The average Bonchev–Trinajstić information content (AvgIpc) is 3.82. The van der Waals surface area contributed by atoms with Gasteiger partial charge in [0.25, 0.3) is 0 Å². The molecule has 1 unspecified atom stereocenters. The number of aromatic nitrogens is 6. The minimum Gasteiger partial charge on any atom is -0.455 e. The van der Waals surface area contributed by atoms with Gasteiger partial charge in [-0.15, -0.1) is 6.58 Å². The van der Waals surface area contributed by atoms with E-state index in [4.69, 9.17) is 40.0 Å². The molecule has 0 aromatic carbocycles. The average molecular weight is 850 g/mol. The molecule has 0 radical (unpaired) electrons. The Morgan fingerprint density at radius 3 is 2.42 bits per heavy atom. The van der Waals surface area contributed by atoms with Gasteiger partial charge in [0.05, 0.1) is 39.4 Å². The van der Waals surface area contributed by atoms with E-state index in [0.717, 1.165) is 18.6 Å². The molecule has 1 amide bonds. The Labute approximate surface area is 321 Å². The van der Waals surface area contributed by atoms with Gasteiger partial charge in [-0.2, -0.15) is 4.98 Å². The second-order valence-corrected chi connectivity index (χ2v) is 15.7. The van der Waals surface area contributed by atoms with Crippen molar-refractivity contribution in [2.45, 2.75) is 67.5 Å². The first-order valence-electron chi connectivity index (χ1n) is 16.9. The van der Waals surface area contributed by atoms with E-state index < -0.39 is 114 Å². The van der Waals surface area contributed by atoms with Gasteiger partial charge < -0.3 is 70.3 Å². The fourth-order valence-electron chi connectivity index (χ4n) is 5.99. The number of amides is 1. The summed E-state index contributed by atoms with van der Waals surface area (Å²) in [6.07, 6.45) is -7.29. The lowest BCUT2D eigenvalue weighted by molar-refractivity contribution is -0.162. The lowest BCUT2D eigenvalue weighted by Gasteiger charge is -2.27. The smallest absolute Gasteiger partial charge is 0.455 e. The Balaban J connectivity index is 1.43. The van der Waals surface area contributed by atoms with Crippen LogP contribution in [0.5, 0.6) is 0 Å². The van der Waals surface area contributed by atoms with Gasteiger partial charge in [-0.25, -0.2) is 29.1 Å². The van der Waals surface area contributed by atoms with Gasteiger partial charge in [0.15, 0.2) is 36.1 Å². The van der Waals surface area contributed by atoms with Crippen molar-refractivity contribution in [1.29, 1.82) is 0 Å². The van der Waals surface area contributed by atoms with E-state index in [2.05, 4.69) is 36.4 Å². The van der Waals surface area contributed by atoms with Crippen molar-refractivity contribution in [3.63, 3.8) is 0 Å². The minimum absolute atomic E-state index is 0.0295. The monoisotopic (exact) mass is 849 g/mol. The summed E-state index contributed by atoms with van der Waals surface area (Å²) in [6, 6.07) is -0.336. The molecular weight excluding hydrogens is 808 g/mol. The van der Waals surface area contributed by atoms with Crippen LogP contribution in [0.25, 0.3) is 11.2 Å². The van der Waals surface area contributed by atoms with Crippen LogP contribution in [0.4, 0.5) is 11.6 Å². The van der Waals surface area contributed by atoms with Gasteiger partial charge in [-0.3, -0.25) is 23.0 Å². The maximum absolute atomic E-state index is 14.0. The Morgan fingerprint density at radius 2 is 1.74 bits per heavy atom. The first-order chi connectivity index (χ1) is 26.9. The molecule has 0 bridgehead atoms. The number of nitrogens with two attached hydrogens (primary N) is 2. The molecule has 5 heterocycles. The van der Waals surface area contributed by atoms with E-state index in [0.29, 0.717) is 4.57 Å². The van der Waals surface area contributed by atoms with Crippen molar-refractivity contribution in [3.05, 3.63) is 48.1 Å². The molecule has 26 nitrogen and oxygen atoms in total. The van der Waals surface area contributed by atoms with Gasteiger partial charge >= 0.3 is 27.1 Å². The summed E-state index contributed by atoms with van der Waals surface area (Å²) in [5.41, 5.74) is 8.50. The van der Waals surface area contributed by atoms with Crippen molar-refractivity contribution >= 4 is 50.1 Å². The van der Waals surface area contributed by atoms with Crippen LogP contribution in [0.1, 0.15) is 25.3 Å². The highest BCUT2D eigenvalue weighted by molar-refractivity contribution is 7.53. The van der Waals surface area contributed by atoms with Crippen LogP contribution < -0.4 is 22.5 Å². The third-order valence-corrected chi connectivity index (χ3v) is 11.0. The van der Waals surface area contributed by atoms with E-state index in [1.54, 1.807) is 0 Å². The molecule has 0 spiro atoms. The van der Waals surface area contributed by atoms with Gasteiger partial charge in [-0.1, -0.05) is 6.08 Å². The number of ether oxygens (including phenoxy) is 4. The Morgan fingerprint density at radius 1 is 1.04 bits per heavy atom. The van der Waals surface area contributed by atoms with E-state index in [1.165, 1.54) is 17.0 Å². The van der Waals surface area contributed by atoms with E-state index in [-0.39, 0.29) is 42.2 Å². The van der Waals surface area contributed by atoms with Gasteiger partial charge in [0, 0.05) is 12.6 Å². The van der Waals surface area contributed by atoms with E-state index >= 15 is 0 Å². The van der Waals surface area contributed by atoms with E-state index in [9.17, 15) is 48.4 Å². The van der Waals surface area contributed by atoms with Crippen LogP contribution in [0.2, 0.25) is 0 Å². The molecule has 314 valence electrons. The highest BCUT2D eigenvalue weighted by Crippen LogP contribution is 2.56. The number of esters is 1. The molecule has 10 atom stereocenters. The lowest BCUT2D eigenvalue weighted by atomic mass is 10.1. The zero-order chi connectivity index (χ0) is 41.7. The molecule has 5 rings (SSSR count). The predicted octanol–water partition coefficient (Wildman–Crippen LogP) is -3.18. The maximum atomic E-state index is 14.0. The number of hydrogen-bond acceptors (Lipinski definition) is 20. The molecule has 28 heteroatoms. The third kappa shape index (κ3) is 10.4. The molecular formula is C29H41N9O17P2. The molecule has 2 aliphatic heterocycles. The van der Waals surface area contributed by atoms with Crippen LogP contribution in [0.3, 0.4) is 0 Å². The molecule has 11 N–H and O–H groups in total. The number of anilines is 2. The number of aliphatic hydroxyl groups is 3. The standard InChI is InChI=1S/C29H41N9O17P2/c1-2-3-4-18(40)35-14(9-50-8-7-39)28(43)55-22-15(53-26(20(22)41)38-13-34-19-24(31)32-12-33-25(19)38)10-51-56(45,46)23-16(11-52-57(47,48)49)54-27(21(23)42)37-6-5-17(30)36-29(37)44/h2,5-6,12-16,20-23,26-27,39,41-42H,1,3-4,7-11H2,(H,35,40)(H,45,46)(H2,30,36,44)(H2,31,32,33)(H2,47,48,49)/t14-,15+,16+,20+,21+,22+,23+,26+,27+/m0/s1. The number of rotatable bonds is 19. The van der Waals surface area contributed by atoms with Crippen molar-refractivity contribution in [2.24, 2.45) is 0 Å². The second kappa shape index (κ2) is 18.5. The summed E-state index contributed by atoms with van der Waals surface area (Å²) in [6.45, 7) is 0.365. The van der Waals surface area contributed by atoms with Crippen LogP contribution >= 0.6 is 15.4 Å². The van der Waals surface area contributed by atoms with Crippen LogP contribution in [-0.4, -0.2) is 146 Å². The number of carbonyl (C=O) groups excluding carboxylic acids is 2.